The molecule has 0 saturated carbocycles. The Bertz CT molecular complexity index is 143. The van der Waals surface area contributed by atoms with Crippen molar-refractivity contribution in [3.63, 3.8) is 0 Å². The molecule has 1 heterocycles. The molecule has 1 aliphatic heterocycles. The van der Waals surface area contributed by atoms with Gasteiger partial charge in [-0.15, -0.1) is 11.8 Å². The van der Waals surface area contributed by atoms with Gasteiger partial charge in [0.1, 0.15) is 0 Å². The Balaban J connectivity index is 2.58. The fourth-order valence-corrected chi connectivity index (χ4v) is 5.20. The highest BCUT2D eigenvalue weighted by Gasteiger charge is 2.19. The van der Waals surface area contributed by atoms with E-state index >= 15 is 0 Å². The predicted molar refractivity (Wildman–Crippen MR) is 54.7 cm³/mol. The van der Waals surface area contributed by atoms with E-state index in [-0.39, 0.29) is 0 Å². The molecular weight excluding hydrogens is 332 g/mol. The van der Waals surface area contributed by atoms with Gasteiger partial charge in [0.15, 0.2) is 0 Å². The Kier molecular flexibility index (Phi) is 3.63. The fourth-order valence-electron chi connectivity index (χ4n) is 0.618. The van der Waals surface area contributed by atoms with E-state index in [0.29, 0.717) is 4.16 Å². The lowest BCUT2D eigenvalue weighted by Gasteiger charge is -1.93. The van der Waals surface area contributed by atoms with Gasteiger partial charge in [0.05, 0.1) is 7.97 Å². The summed E-state index contributed by atoms with van der Waals surface area (Å²) in [5, 5.41) is 0.989. The maximum atomic E-state index is 3.53. The van der Waals surface area contributed by atoms with Gasteiger partial charge in [-0.3, -0.25) is 0 Å². The van der Waals surface area contributed by atoms with E-state index in [1.54, 1.807) is 0 Å². The Hall–Kier alpha value is 1.53. The van der Waals surface area contributed by atoms with E-state index in [1.165, 1.54) is 9.39 Å². The molecule has 0 amide bonds. The van der Waals surface area contributed by atoms with Crippen molar-refractivity contribution in [2.45, 2.75) is 10.6 Å². The van der Waals surface area contributed by atoms with Crippen LogP contribution in [0.25, 0.3) is 0 Å². The third-order valence-electron chi connectivity index (χ3n) is 1.08. The zero-order chi connectivity index (χ0) is 6.85. The number of alkyl halides is 2. The van der Waals surface area contributed by atoms with Gasteiger partial charge >= 0.3 is 0 Å². The van der Waals surface area contributed by atoms with E-state index in [1.807, 2.05) is 11.8 Å². The van der Waals surface area contributed by atoms with E-state index in [0.717, 1.165) is 11.8 Å². The van der Waals surface area contributed by atoms with Crippen molar-refractivity contribution in [2.75, 3.05) is 5.33 Å². The van der Waals surface area contributed by atoms with Gasteiger partial charge in [0.25, 0.3) is 0 Å². The topological polar surface area (TPSA) is 0 Å². The van der Waals surface area contributed by atoms with Gasteiger partial charge in [-0.1, -0.05) is 31.9 Å². The normalized spacial score (nSPS) is 27.7. The smallest absolute Gasteiger partial charge is 0.0690 e. The molecule has 52 valence electrons. The van der Waals surface area contributed by atoms with Crippen molar-refractivity contribution in [3.05, 3.63) is 9.39 Å². The van der Waals surface area contributed by atoms with Crippen LogP contribution in [0.4, 0.5) is 0 Å². The lowest BCUT2D eigenvalue weighted by atomic mass is 10.3. The van der Waals surface area contributed by atoms with Crippen molar-refractivity contribution in [3.8, 4) is 0 Å². The molecule has 0 aromatic heterocycles. The summed E-state index contributed by atoms with van der Waals surface area (Å²) in [6.07, 6.45) is 1.15. The van der Waals surface area contributed by atoms with Gasteiger partial charge < -0.3 is 0 Å². The van der Waals surface area contributed by atoms with Crippen LogP contribution in [0.2, 0.25) is 0 Å². The zero-order valence-corrected chi connectivity index (χ0v) is 10.1. The average Bonchev–Trinajstić information content (AvgIpc) is 2.10. The van der Waals surface area contributed by atoms with Gasteiger partial charge in [-0.05, 0) is 27.9 Å². The summed E-state index contributed by atoms with van der Waals surface area (Å²) >= 11 is 12.3. The molecule has 0 radical (unpaired) electrons. The second kappa shape index (κ2) is 3.79. The van der Waals surface area contributed by atoms with Crippen molar-refractivity contribution < 1.29 is 0 Å². The first-order valence-electron chi connectivity index (χ1n) is 2.48. The minimum Gasteiger partial charge on any atom is -0.103 e. The number of hydrogen-bond donors (Lipinski definition) is 0. The minimum absolute atomic E-state index is 0.583. The summed E-state index contributed by atoms with van der Waals surface area (Å²) in [5.74, 6) is 0. The number of allylic oxidation sites excluding steroid dienone is 1. The molecule has 0 aliphatic carbocycles. The fraction of sp³-hybridized carbons (Fsp3) is 0.600. The summed E-state index contributed by atoms with van der Waals surface area (Å²) < 4.78 is 1.88. The first-order valence-corrected chi connectivity index (χ1v) is 6.19. The summed E-state index contributed by atoms with van der Waals surface area (Å²) in [5.41, 5.74) is 1.46. The van der Waals surface area contributed by atoms with Gasteiger partial charge in [0.2, 0.25) is 0 Å². The minimum atomic E-state index is 0.583. The lowest BCUT2D eigenvalue weighted by molar-refractivity contribution is 1.12. The highest BCUT2D eigenvalue weighted by molar-refractivity contribution is 9.15. The van der Waals surface area contributed by atoms with Crippen molar-refractivity contribution in [1.82, 2.24) is 0 Å². The molecule has 0 aromatic rings. The zero-order valence-electron chi connectivity index (χ0n) is 4.53. The van der Waals surface area contributed by atoms with E-state index in [2.05, 4.69) is 47.8 Å². The number of hydrogen-bond acceptors (Lipinski definition) is 1. The molecule has 0 aromatic carbocycles. The van der Waals surface area contributed by atoms with E-state index in [9.17, 15) is 0 Å². The Morgan fingerprint density at radius 1 is 1.67 bits per heavy atom. The van der Waals surface area contributed by atoms with Crippen LogP contribution in [0.15, 0.2) is 9.39 Å². The van der Waals surface area contributed by atoms with Crippen LogP contribution in [0.3, 0.4) is 0 Å². The lowest BCUT2D eigenvalue weighted by Crippen LogP contribution is -1.85. The van der Waals surface area contributed by atoms with Gasteiger partial charge in [-0.25, -0.2) is 0 Å². The van der Waals surface area contributed by atoms with Gasteiger partial charge in [-0.2, -0.15) is 0 Å². The largest absolute Gasteiger partial charge is 0.103 e. The summed E-state index contributed by atoms with van der Waals surface area (Å²) in [6.45, 7) is 0. The molecule has 4 heteroatoms. The molecule has 0 spiro atoms. The predicted octanol–water partition coefficient (Wildman–Crippen LogP) is 3.85. The van der Waals surface area contributed by atoms with Gasteiger partial charge in [0, 0.05) is 5.33 Å². The molecule has 1 aliphatic rings. The molecule has 0 N–H and O–H groups in total. The monoisotopic (exact) mass is 334 g/mol. The highest BCUT2D eigenvalue weighted by atomic mass is 79.9. The Morgan fingerprint density at radius 3 is 2.56 bits per heavy atom. The number of rotatable bonds is 1. The Morgan fingerprint density at radius 2 is 2.33 bits per heavy atom. The van der Waals surface area contributed by atoms with Crippen LogP contribution >= 0.6 is 59.6 Å². The summed E-state index contributed by atoms with van der Waals surface area (Å²) in [4.78, 5) is 0. The van der Waals surface area contributed by atoms with Crippen molar-refractivity contribution in [2.24, 2.45) is 0 Å². The molecule has 0 saturated heterocycles. The quantitative estimate of drug-likeness (QED) is 0.655. The van der Waals surface area contributed by atoms with E-state index < -0.39 is 0 Å². The van der Waals surface area contributed by atoms with Crippen LogP contribution in [0.5, 0.6) is 0 Å². The first-order chi connectivity index (χ1) is 4.24. The second-order valence-corrected chi connectivity index (χ2v) is 6.55. The molecule has 0 nitrogen and oxygen atoms in total. The molecule has 0 bridgehead atoms. The molecule has 1 unspecified atom stereocenters. The Labute approximate surface area is 84.2 Å². The molecule has 1 rings (SSSR count). The van der Waals surface area contributed by atoms with Crippen LogP contribution in [-0.2, 0) is 0 Å². The third kappa shape index (κ3) is 2.24. The first kappa shape index (κ1) is 8.62. The molecule has 9 heavy (non-hydrogen) atoms. The average molecular weight is 337 g/mol. The second-order valence-electron chi connectivity index (χ2n) is 1.74. The molecular formula is C5H5Br3S. The van der Waals surface area contributed by atoms with Crippen LogP contribution in [-0.4, -0.2) is 9.49 Å². The van der Waals surface area contributed by atoms with Crippen LogP contribution in [0, 0.1) is 0 Å². The number of thioether (sulfide) groups is 1. The maximum absolute atomic E-state index is 3.53. The third-order valence-corrected chi connectivity index (χ3v) is 4.68. The molecule has 1 atom stereocenters. The van der Waals surface area contributed by atoms with Crippen LogP contribution < -0.4 is 0 Å². The standard InChI is InChI=1S/C5H5Br3S/c6-2-3-1-4(7)9-5(3)8/h4H,1-2H2. The highest BCUT2D eigenvalue weighted by Crippen LogP contribution is 2.44. The van der Waals surface area contributed by atoms with E-state index in [4.69, 9.17) is 0 Å². The SMILES string of the molecule is BrCC1=C(Br)SC(Br)C1. The number of halogens is 3. The van der Waals surface area contributed by atoms with Crippen LogP contribution in [0.1, 0.15) is 6.42 Å². The van der Waals surface area contributed by atoms with Crippen molar-refractivity contribution in [1.29, 1.82) is 0 Å². The maximum Gasteiger partial charge on any atom is 0.0690 e. The van der Waals surface area contributed by atoms with Crippen molar-refractivity contribution >= 4 is 59.6 Å². The summed E-state index contributed by atoms with van der Waals surface area (Å²) in [6, 6.07) is 0. The summed E-state index contributed by atoms with van der Waals surface area (Å²) in [7, 11) is 0. The molecule has 0 fully saturated rings.